The van der Waals surface area contributed by atoms with Gasteiger partial charge in [0.15, 0.2) is 0 Å². The minimum Gasteiger partial charge on any atom is -0.339 e. The Kier molecular flexibility index (Phi) is 5.46. The van der Waals surface area contributed by atoms with Crippen molar-refractivity contribution in [2.45, 2.75) is 44.4 Å². The molecule has 3 aromatic rings. The minimum absolute atomic E-state index is 0.00152. The molecule has 0 aliphatic carbocycles. The lowest BCUT2D eigenvalue weighted by Crippen LogP contribution is -2.38. The molecule has 4 rings (SSSR count). The second-order valence-electron chi connectivity index (χ2n) is 7.87. The molecule has 2 heterocycles. The lowest BCUT2D eigenvalue weighted by Gasteiger charge is -2.30. The summed E-state index contributed by atoms with van der Waals surface area (Å²) >= 11 is 0. The molecule has 6 nitrogen and oxygen atoms in total. The molecule has 2 aromatic carbocycles. The highest BCUT2D eigenvalue weighted by molar-refractivity contribution is 7.89. The van der Waals surface area contributed by atoms with Crippen molar-refractivity contribution in [1.82, 2.24) is 14.4 Å². The number of halogens is 1. The summed E-state index contributed by atoms with van der Waals surface area (Å²) in [5.41, 5.74) is 3.28. The maximum atomic E-state index is 13.2. The number of nitrogens with zero attached hydrogens (tertiary/aromatic N) is 3. The van der Waals surface area contributed by atoms with E-state index in [0.717, 1.165) is 16.7 Å². The van der Waals surface area contributed by atoms with Crippen molar-refractivity contribution >= 4 is 10.0 Å². The van der Waals surface area contributed by atoms with Gasteiger partial charge < -0.3 is 4.52 Å². The van der Waals surface area contributed by atoms with Gasteiger partial charge in [-0.1, -0.05) is 22.9 Å². The maximum Gasteiger partial charge on any atom is 0.243 e. The molecule has 1 aliphatic rings. The predicted molar refractivity (Wildman–Crippen MR) is 111 cm³/mol. The fourth-order valence-corrected chi connectivity index (χ4v) is 6.04. The highest BCUT2D eigenvalue weighted by atomic mass is 32.2. The second-order valence-corrected chi connectivity index (χ2v) is 9.74. The molecule has 0 saturated carbocycles. The summed E-state index contributed by atoms with van der Waals surface area (Å²) in [5.74, 6) is 0.577. The van der Waals surface area contributed by atoms with Crippen LogP contribution in [0.3, 0.4) is 0 Å². The fraction of sp³-hybridized carbons (Fsp3) is 0.364. The van der Waals surface area contributed by atoms with Crippen molar-refractivity contribution in [3.8, 4) is 11.4 Å². The third kappa shape index (κ3) is 3.89. The summed E-state index contributed by atoms with van der Waals surface area (Å²) in [4.78, 5) is 4.85. The molecule has 0 bridgehead atoms. The van der Waals surface area contributed by atoms with E-state index >= 15 is 0 Å². The number of aromatic nitrogens is 2. The summed E-state index contributed by atoms with van der Waals surface area (Å²) in [6.45, 7) is 6.44. The van der Waals surface area contributed by atoms with E-state index in [2.05, 4.69) is 10.1 Å². The number of piperidine rings is 1. The second kappa shape index (κ2) is 7.92. The van der Waals surface area contributed by atoms with E-state index in [-0.39, 0.29) is 11.7 Å². The van der Waals surface area contributed by atoms with Crippen LogP contribution < -0.4 is 0 Å². The standard InChI is InChI=1S/C22H24FN3O3S/c1-14-12-15(2)20(16(3)13-14)30(27,28)26-10-8-18(9-11-26)22-24-21(25-29-22)17-4-6-19(23)7-5-17/h4-7,12-13,18H,8-11H2,1-3H3. The Labute approximate surface area is 175 Å². The molecule has 0 N–H and O–H groups in total. The van der Waals surface area contributed by atoms with Crippen LogP contribution in [0.2, 0.25) is 0 Å². The van der Waals surface area contributed by atoms with Gasteiger partial charge in [0.2, 0.25) is 21.7 Å². The van der Waals surface area contributed by atoms with Crippen LogP contribution in [-0.2, 0) is 10.0 Å². The zero-order valence-electron chi connectivity index (χ0n) is 17.2. The van der Waals surface area contributed by atoms with E-state index in [0.29, 0.717) is 48.1 Å². The molecule has 8 heteroatoms. The quantitative estimate of drug-likeness (QED) is 0.616. The summed E-state index contributed by atoms with van der Waals surface area (Å²) in [6.07, 6.45) is 1.21. The van der Waals surface area contributed by atoms with Crippen LogP contribution in [0, 0.1) is 26.6 Å². The molecular formula is C22H24FN3O3S. The van der Waals surface area contributed by atoms with Crippen LogP contribution in [0.4, 0.5) is 4.39 Å². The Hall–Kier alpha value is -2.58. The molecule has 1 saturated heterocycles. The lowest BCUT2D eigenvalue weighted by molar-refractivity contribution is 0.270. The molecule has 0 amide bonds. The normalized spacial score (nSPS) is 16.1. The lowest BCUT2D eigenvalue weighted by atomic mass is 9.98. The number of rotatable bonds is 4. The molecule has 0 radical (unpaired) electrons. The van der Waals surface area contributed by atoms with E-state index in [1.165, 1.54) is 12.1 Å². The Balaban J connectivity index is 1.49. The topological polar surface area (TPSA) is 76.3 Å². The van der Waals surface area contributed by atoms with Crippen molar-refractivity contribution in [2.24, 2.45) is 0 Å². The van der Waals surface area contributed by atoms with Crippen molar-refractivity contribution in [3.63, 3.8) is 0 Å². The number of benzene rings is 2. The first-order valence-electron chi connectivity index (χ1n) is 9.93. The van der Waals surface area contributed by atoms with Crippen LogP contribution >= 0.6 is 0 Å². The molecular weight excluding hydrogens is 405 g/mol. The van der Waals surface area contributed by atoms with Gasteiger partial charge in [-0.05, 0) is 69.0 Å². The van der Waals surface area contributed by atoms with Crippen LogP contribution in [0.1, 0.15) is 41.3 Å². The minimum atomic E-state index is -3.56. The molecule has 0 unspecified atom stereocenters. The van der Waals surface area contributed by atoms with Crippen molar-refractivity contribution in [3.05, 3.63) is 64.8 Å². The summed E-state index contributed by atoms with van der Waals surface area (Å²) in [6, 6.07) is 9.72. The molecule has 0 atom stereocenters. The van der Waals surface area contributed by atoms with Gasteiger partial charge in [-0.25, -0.2) is 12.8 Å². The average molecular weight is 430 g/mol. The first-order chi connectivity index (χ1) is 14.3. The smallest absolute Gasteiger partial charge is 0.243 e. The number of sulfonamides is 1. The zero-order valence-corrected chi connectivity index (χ0v) is 18.0. The summed E-state index contributed by atoms with van der Waals surface area (Å²) in [7, 11) is -3.56. The first-order valence-corrected chi connectivity index (χ1v) is 11.4. The van der Waals surface area contributed by atoms with Crippen LogP contribution in [0.15, 0.2) is 45.8 Å². The number of aryl methyl sites for hydroxylation is 3. The summed E-state index contributed by atoms with van der Waals surface area (Å²) in [5, 5.41) is 4.00. The molecule has 30 heavy (non-hydrogen) atoms. The average Bonchev–Trinajstić information content (AvgIpc) is 3.18. The van der Waals surface area contributed by atoms with E-state index in [4.69, 9.17) is 4.52 Å². The van der Waals surface area contributed by atoms with Gasteiger partial charge in [0, 0.05) is 24.6 Å². The number of hydrogen-bond donors (Lipinski definition) is 0. The Morgan fingerprint density at radius 2 is 1.63 bits per heavy atom. The van der Waals surface area contributed by atoms with Gasteiger partial charge in [0.05, 0.1) is 4.90 Å². The monoisotopic (exact) mass is 429 g/mol. The van der Waals surface area contributed by atoms with Gasteiger partial charge in [-0.2, -0.15) is 9.29 Å². The third-order valence-electron chi connectivity index (χ3n) is 5.55. The van der Waals surface area contributed by atoms with Gasteiger partial charge in [-0.15, -0.1) is 0 Å². The highest BCUT2D eigenvalue weighted by Crippen LogP contribution is 2.33. The van der Waals surface area contributed by atoms with Crippen molar-refractivity contribution in [1.29, 1.82) is 0 Å². The van der Waals surface area contributed by atoms with Crippen LogP contribution in [-0.4, -0.2) is 36.0 Å². The van der Waals surface area contributed by atoms with Gasteiger partial charge in [-0.3, -0.25) is 0 Å². The van der Waals surface area contributed by atoms with Gasteiger partial charge in [0.25, 0.3) is 0 Å². The molecule has 158 valence electrons. The van der Waals surface area contributed by atoms with Gasteiger partial charge in [0.1, 0.15) is 5.82 Å². The largest absolute Gasteiger partial charge is 0.339 e. The molecule has 1 aliphatic heterocycles. The third-order valence-corrected chi connectivity index (χ3v) is 7.75. The predicted octanol–water partition coefficient (Wildman–Crippen LogP) is 4.37. The van der Waals surface area contributed by atoms with E-state index in [9.17, 15) is 12.8 Å². The van der Waals surface area contributed by atoms with E-state index in [1.807, 2.05) is 32.9 Å². The summed E-state index contributed by atoms with van der Waals surface area (Å²) < 4.78 is 46.6. The zero-order chi connectivity index (χ0) is 21.5. The van der Waals surface area contributed by atoms with E-state index in [1.54, 1.807) is 16.4 Å². The Bertz CT molecular complexity index is 1140. The maximum absolute atomic E-state index is 13.2. The molecule has 1 fully saturated rings. The highest BCUT2D eigenvalue weighted by Gasteiger charge is 2.33. The first kappa shape index (κ1) is 20.7. The SMILES string of the molecule is Cc1cc(C)c(S(=O)(=O)N2CCC(c3nc(-c4ccc(F)cc4)no3)CC2)c(C)c1. The molecule has 0 spiro atoms. The van der Waals surface area contributed by atoms with Crippen molar-refractivity contribution < 1.29 is 17.3 Å². The van der Waals surface area contributed by atoms with Gasteiger partial charge >= 0.3 is 0 Å². The van der Waals surface area contributed by atoms with Crippen molar-refractivity contribution in [2.75, 3.05) is 13.1 Å². The van der Waals surface area contributed by atoms with Crippen LogP contribution in [0.5, 0.6) is 0 Å². The van der Waals surface area contributed by atoms with E-state index < -0.39 is 10.0 Å². The Morgan fingerprint density at radius 3 is 2.23 bits per heavy atom. The fourth-order valence-electron chi connectivity index (χ4n) is 4.16. The number of hydrogen-bond acceptors (Lipinski definition) is 5. The van der Waals surface area contributed by atoms with Crippen LogP contribution in [0.25, 0.3) is 11.4 Å². The molecule has 1 aromatic heterocycles. The Morgan fingerprint density at radius 1 is 1.03 bits per heavy atom.